The van der Waals surface area contributed by atoms with Crippen LogP contribution in [0, 0.1) is 23.7 Å². The third-order valence-electron chi connectivity index (χ3n) is 4.81. The van der Waals surface area contributed by atoms with Gasteiger partial charge in [0.2, 0.25) is 0 Å². The van der Waals surface area contributed by atoms with E-state index in [9.17, 15) is 0 Å². The molecule has 3 rings (SSSR count). The Kier molecular flexibility index (Phi) is 3.41. The van der Waals surface area contributed by atoms with Gasteiger partial charge in [-0.1, -0.05) is 42.3 Å². The van der Waals surface area contributed by atoms with Gasteiger partial charge >= 0.3 is 0 Å². The maximum atomic E-state index is 6.33. The van der Waals surface area contributed by atoms with Gasteiger partial charge in [0.25, 0.3) is 0 Å². The van der Waals surface area contributed by atoms with E-state index in [1.165, 1.54) is 12.0 Å². The van der Waals surface area contributed by atoms with Crippen molar-refractivity contribution in [3.05, 3.63) is 48.6 Å². The molecule has 1 aliphatic carbocycles. The molecule has 1 saturated heterocycles. The van der Waals surface area contributed by atoms with Crippen LogP contribution in [0.2, 0.25) is 0 Å². The maximum absolute atomic E-state index is 6.33. The van der Waals surface area contributed by atoms with E-state index in [2.05, 4.69) is 42.5 Å². The quantitative estimate of drug-likeness (QED) is 0.616. The van der Waals surface area contributed by atoms with Crippen molar-refractivity contribution >= 4 is 0 Å². The second-order valence-electron chi connectivity index (χ2n) is 5.93. The molecule has 1 aromatic carbocycles. The van der Waals surface area contributed by atoms with Gasteiger partial charge in [-0.3, -0.25) is 4.90 Å². The molecule has 0 N–H and O–H groups in total. The first-order valence-corrected chi connectivity index (χ1v) is 7.22. The van der Waals surface area contributed by atoms with Gasteiger partial charge in [0.15, 0.2) is 0 Å². The smallest absolute Gasteiger partial charge is 0.137 e. The first-order valence-electron chi connectivity index (χ1n) is 7.22. The lowest BCUT2D eigenvalue weighted by Gasteiger charge is -2.43. The Balaban J connectivity index is 1.86. The van der Waals surface area contributed by atoms with Gasteiger partial charge < -0.3 is 4.74 Å². The number of nitrogens with zero attached hydrogens (tertiary/aromatic N) is 1. The SMILES string of the molecule is C#CCN1CC2(CC2C=C)C(C)OC1c1ccccc1. The molecular formula is C18H21NO. The molecule has 0 bridgehead atoms. The van der Waals surface area contributed by atoms with Crippen molar-refractivity contribution in [3.8, 4) is 12.3 Å². The predicted octanol–water partition coefficient (Wildman–Crippen LogP) is 3.23. The minimum absolute atomic E-state index is 0.0288. The molecule has 1 aliphatic heterocycles. The average molecular weight is 267 g/mol. The van der Waals surface area contributed by atoms with Crippen molar-refractivity contribution in [3.63, 3.8) is 0 Å². The number of hydrogen-bond donors (Lipinski definition) is 0. The minimum Gasteiger partial charge on any atom is -0.355 e. The molecule has 4 atom stereocenters. The highest BCUT2D eigenvalue weighted by molar-refractivity contribution is 5.22. The average Bonchev–Trinajstić information content (AvgIpc) is 3.18. The number of allylic oxidation sites excluding steroid dienone is 1. The molecule has 2 nitrogen and oxygen atoms in total. The third kappa shape index (κ3) is 2.08. The molecule has 20 heavy (non-hydrogen) atoms. The summed E-state index contributed by atoms with van der Waals surface area (Å²) in [7, 11) is 0. The minimum atomic E-state index is -0.0288. The molecule has 4 unspecified atom stereocenters. The lowest BCUT2D eigenvalue weighted by molar-refractivity contribution is -0.170. The summed E-state index contributed by atoms with van der Waals surface area (Å²) in [6, 6.07) is 10.3. The lowest BCUT2D eigenvalue weighted by atomic mass is 9.93. The highest BCUT2D eigenvalue weighted by Crippen LogP contribution is 2.60. The van der Waals surface area contributed by atoms with Crippen LogP contribution in [0.1, 0.15) is 25.1 Å². The highest BCUT2D eigenvalue weighted by Gasteiger charge is 2.60. The zero-order valence-corrected chi connectivity index (χ0v) is 12.0. The zero-order valence-electron chi connectivity index (χ0n) is 12.0. The first kappa shape index (κ1) is 13.4. The summed E-state index contributed by atoms with van der Waals surface area (Å²) in [5, 5.41) is 0. The Labute approximate surface area is 121 Å². The standard InChI is InChI=1S/C18H21NO/c1-4-11-19-13-18(12-16(18)5-2)14(3)20-17(19)15-9-7-6-8-10-15/h1,5-10,14,16-17H,2,11-13H2,3H3. The lowest BCUT2D eigenvalue weighted by Crippen LogP contribution is -2.48. The van der Waals surface area contributed by atoms with Gasteiger partial charge in [0, 0.05) is 12.0 Å². The Morgan fingerprint density at radius 3 is 2.85 bits per heavy atom. The summed E-state index contributed by atoms with van der Waals surface area (Å²) in [5.41, 5.74) is 1.41. The van der Waals surface area contributed by atoms with E-state index in [0.717, 1.165) is 6.54 Å². The second kappa shape index (κ2) is 5.09. The van der Waals surface area contributed by atoms with Crippen LogP contribution in [-0.4, -0.2) is 24.1 Å². The molecule has 2 heteroatoms. The fraction of sp³-hybridized carbons (Fsp3) is 0.444. The van der Waals surface area contributed by atoms with Crippen molar-refractivity contribution in [1.29, 1.82) is 0 Å². The van der Waals surface area contributed by atoms with Crippen LogP contribution in [0.3, 0.4) is 0 Å². The van der Waals surface area contributed by atoms with E-state index < -0.39 is 0 Å². The van der Waals surface area contributed by atoms with E-state index in [4.69, 9.17) is 11.2 Å². The van der Waals surface area contributed by atoms with E-state index in [-0.39, 0.29) is 17.7 Å². The first-order chi connectivity index (χ1) is 9.71. The fourth-order valence-corrected chi connectivity index (χ4v) is 3.49. The monoisotopic (exact) mass is 267 g/mol. The largest absolute Gasteiger partial charge is 0.355 e. The molecule has 0 aromatic heterocycles. The molecule has 2 fully saturated rings. The molecule has 0 amide bonds. The molecule has 1 heterocycles. The molecular weight excluding hydrogens is 246 g/mol. The van der Waals surface area contributed by atoms with Gasteiger partial charge in [-0.2, -0.15) is 0 Å². The molecule has 0 radical (unpaired) electrons. The van der Waals surface area contributed by atoms with Crippen LogP contribution < -0.4 is 0 Å². The van der Waals surface area contributed by atoms with Gasteiger partial charge in [-0.25, -0.2) is 0 Å². The number of ether oxygens (including phenoxy) is 1. The van der Waals surface area contributed by atoms with Crippen LogP contribution in [0.25, 0.3) is 0 Å². The maximum Gasteiger partial charge on any atom is 0.137 e. The summed E-state index contributed by atoms with van der Waals surface area (Å²) in [6.45, 7) is 7.75. The Morgan fingerprint density at radius 1 is 1.50 bits per heavy atom. The van der Waals surface area contributed by atoms with Crippen molar-refractivity contribution < 1.29 is 4.74 Å². The summed E-state index contributed by atoms with van der Waals surface area (Å²) < 4.78 is 6.33. The topological polar surface area (TPSA) is 12.5 Å². The summed E-state index contributed by atoms with van der Waals surface area (Å²) in [6.07, 6.45) is 8.99. The fourth-order valence-electron chi connectivity index (χ4n) is 3.49. The number of rotatable bonds is 3. The third-order valence-corrected chi connectivity index (χ3v) is 4.81. The summed E-state index contributed by atoms with van der Waals surface area (Å²) in [4.78, 5) is 2.28. The molecule has 1 aromatic rings. The molecule has 104 valence electrons. The van der Waals surface area contributed by atoms with Crippen LogP contribution >= 0.6 is 0 Å². The highest BCUT2D eigenvalue weighted by atomic mass is 16.5. The van der Waals surface area contributed by atoms with E-state index in [1.54, 1.807) is 0 Å². The van der Waals surface area contributed by atoms with Crippen LogP contribution in [0.15, 0.2) is 43.0 Å². The van der Waals surface area contributed by atoms with Gasteiger partial charge in [0.1, 0.15) is 6.23 Å². The Hall–Kier alpha value is -1.56. The van der Waals surface area contributed by atoms with Crippen LogP contribution in [0.4, 0.5) is 0 Å². The van der Waals surface area contributed by atoms with Crippen molar-refractivity contribution in [2.24, 2.45) is 11.3 Å². The normalized spacial score (nSPS) is 36.5. The van der Waals surface area contributed by atoms with E-state index in [0.29, 0.717) is 12.5 Å². The number of terminal acetylenes is 1. The Bertz CT molecular complexity index is 532. The molecule has 2 aliphatic rings. The van der Waals surface area contributed by atoms with E-state index in [1.807, 2.05) is 18.2 Å². The summed E-state index contributed by atoms with van der Waals surface area (Å²) >= 11 is 0. The van der Waals surface area contributed by atoms with Gasteiger partial charge in [-0.15, -0.1) is 13.0 Å². The van der Waals surface area contributed by atoms with E-state index >= 15 is 0 Å². The predicted molar refractivity (Wildman–Crippen MR) is 80.9 cm³/mol. The van der Waals surface area contributed by atoms with Crippen molar-refractivity contribution in [2.45, 2.75) is 25.7 Å². The molecule has 1 saturated carbocycles. The zero-order chi connectivity index (χ0) is 14.2. The second-order valence-corrected chi connectivity index (χ2v) is 5.93. The Morgan fingerprint density at radius 2 is 2.25 bits per heavy atom. The summed E-state index contributed by atoms with van der Waals surface area (Å²) in [5.74, 6) is 3.33. The number of benzene rings is 1. The van der Waals surface area contributed by atoms with Gasteiger partial charge in [-0.05, 0) is 24.8 Å². The van der Waals surface area contributed by atoms with Gasteiger partial charge in [0.05, 0.1) is 12.6 Å². The van der Waals surface area contributed by atoms with Crippen molar-refractivity contribution in [1.82, 2.24) is 4.90 Å². The van der Waals surface area contributed by atoms with Crippen LogP contribution in [-0.2, 0) is 4.74 Å². The molecule has 1 spiro atoms. The van der Waals surface area contributed by atoms with Crippen molar-refractivity contribution in [2.75, 3.05) is 13.1 Å². The number of hydrogen-bond acceptors (Lipinski definition) is 2. The van der Waals surface area contributed by atoms with Crippen LogP contribution in [0.5, 0.6) is 0 Å².